The second kappa shape index (κ2) is 16.6. The Hall–Kier alpha value is -1.34. The van der Waals surface area contributed by atoms with Crippen LogP contribution in [0.4, 0.5) is 0 Å². The molecule has 2 aromatic carbocycles. The molecular weight excluding hydrogens is 484 g/mol. The van der Waals surface area contributed by atoms with Crippen molar-refractivity contribution in [1.82, 2.24) is 10.6 Å². The van der Waals surface area contributed by atoms with E-state index in [9.17, 15) is 10.2 Å². The zero-order chi connectivity index (χ0) is 18.5. The van der Waals surface area contributed by atoms with Gasteiger partial charge in [-0.25, -0.2) is 0 Å². The number of nitrogens with one attached hydrogen (secondary N) is 2. The molecule has 0 saturated carbocycles. The molecule has 2 aromatic rings. The third kappa shape index (κ3) is 11.5. The lowest BCUT2D eigenvalue weighted by molar-refractivity contribution is 0.403. The first-order valence-corrected chi connectivity index (χ1v) is 9.37. The first-order chi connectivity index (χ1) is 12.8. The van der Waals surface area contributed by atoms with Crippen molar-refractivity contribution < 1.29 is 10.2 Å². The van der Waals surface area contributed by atoms with E-state index in [1.807, 2.05) is 6.07 Å². The van der Waals surface area contributed by atoms with E-state index in [4.69, 9.17) is 0 Å². The lowest BCUT2D eigenvalue weighted by Gasteiger charge is -2.05. The lowest BCUT2D eigenvalue weighted by atomic mass is 10.1. The second-order valence-electron chi connectivity index (χ2n) is 6.36. The first-order valence-electron chi connectivity index (χ1n) is 9.37. The van der Waals surface area contributed by atoms with Gasteiger partial charge in [-0.05, 0) is 75.1 Å². The molecule has 0 amide bonds. The van der Waals surface area contributed by atoms with Crippen LogP contribution < -0.4 is 10.6 Å². The first kappa shape index (κ1) is 26.7. The number of hydrogen-bond donors (Lipinski definition) is 4. The van der Waals surface area contributed by atoms with Crippen LogP contribution in [0.15, 0.2) is 60.7 Å². The van der Waals surface area contributed by atoms with E-state index in [0.29, 0.717) is 0 Å². The summed E-state index contributed by atoms with van der Waals surface area (Å²) >= 11 is 0. The fraction of sp³-hybridized carbons (Fsp3) is 0.364. The molecule has 6 heteroatoms. The quantitative estimate of drug-likeness (QED) is 0.190. The van der Waals surface area contributed by atoms with Gasteiger partial charge in [0, 0.05) is 0 Å². The van der Waals surface area contributed by atoms with E-state index in [2.05, 4.69) is 53.1 Å². The number of phenolic OH excluding ortho intramolecular Hbond substituents is 2. The molecule has 0 radical (unpaired) electrons. The van der Waals surface area contributed by atoms with Gasteiger partial charge in [-0.1, -0.05) is 48.6 Å². The second-order valence-corrected chi connectivity index (χ2v) is 6.36. The summed E-state index contributed by atoms with van der Waals surface area (Å²) in [5, 5.41) is 25.6. The Bertz CT molecular complexity index is 667. The van der Waals surface area contributed by atoms with Crippen molar-refractivity contribution in [3.05, 3.63) is 71.8 Å². The predicted molar refractivity (Wildman–Crippen MR) is 128 cm³/mol. The maximum Gasteiger partial charge on any atom is 0.157 e. The number of aromatic hydroxyl groups is 2. The number of halogens is 2. The molecule has 0 heterocycles. The molecule has 0 bridgehead atoms. The zero-order valence-corrected chi connectivity index (χ0v) is 19.6. The molecule has 0 aliphatic rings. The Morgan fingerprint density at radius 3 is 1.79 bits per heavy atom. The van der Waals surface area contributed by atoms with Crippen molar-refractivity contribution in [3.8, 4) is 11.5 Å². The van der Waals surface area contributed by atoms with Crippen molar-refractivity contribution in [2.75, 3.05) is 26.2 Å². The highest BCUT2D eigenvalue weighted by Gasteiger charge is 2.00. The van der Waals surface area contributed by atoms with Gasteiger partial charge in [0.25, 0.3) is 0 Å². The minimum absolute atomic E-state index is 0. The van der Waals surface area contributed by atoms with Gasteiger partial charge in [0.2, 0.25) is 0 Å². The molecule has 0 unspecified atom stereocenters. The van der Waals surface area contributed by atoms with Crippen LogP contribution in [0, 0.1) is 0 Å². The maximum absolute atomic E-state index is 9.45. The van der Waals surface area contributed by atoms with E-state index >= 15 is 0 Å². The molecule has 0 atom stereocenters. The van der Waals surface area contributed by atoms with Gasteiger partial charge in [-0.3, -0.25) is 0 Å². The number of benzene rings is 2. The van der Waals surface area contributed by atoms with Gasteiger partial charge in [-0.15, -0.1) is 34.0 Å². The van der Waals surface area contributed by atoms with Crippen LogP contribution in [-0.2, 0) is 12.8 Å². The molecule has 28 heavy (non-hydrogen) atoms. The average molecular weight is 516 g/mol. The van der Waals surface area contributed by atoms with Crippen LogP contribution in [0.25, 0.3) is 0 Å². The summed E-state index contributed by atoms with van der Waals surface area (Å²) < 4.78 is 0. The highest BCUT2D eigenvalue weighted by molar-refractivity contribution is 8.93. The predicted octanol–water partition coefficient (Wildman–Crippen LogP) is 4.55. The third-order valence-corrected chi connectivity index (χ3v) is 4.21. The van der Waals surface area contributed by atoms with E-state index in [1.54, 1.807) is 6.07 Å². The Balaban J connectivity index is 0.00000364. The van der Waals surface area contributed by atoms with Gasteiger partial charge in [0.1, 0.15) is 0 Å². The minimum Gasteiger partial charge on any atom is -0.504 e. The van der Waals surface area contributed by atoms with E-state index < -0.39 is 0 Å². The lowest BCUT2D eigenvalue weighted by Crippen LogP contribution is -2.18. The van der Waals surface area contributed by atoms with Crippen molar-refractivity contribution in [3.63, 3.8) is 0 Å². The van der Waals surface area contributed by atoms with Crippen LogP contribution in [0.5, 0.6) is 11.5 Å². The number of phenols is 2. The molecule has 156 valence electrons. The van der Waals surface area contributed by atoms with Gasteiger partial charge in [0.05, 0.1) is 0 Å². The number of rotatable bonds is 12. The van der Waals surface area contributed by atoms with Crippen LogP contribution >= 0.6 is 34.0 Å². The van der Waals surface area contributed by atoms with Crippen LogP contribution in [-0.4, -0.2) is 36.4 Å². The van der Waals surface area contributed by atoms with E-state index in [-0.39, 0.29) is 45.5 Å². The summed E-state index contributed by atoms with van der Waals surface area (Å²) in [5.41, 5.74) is 2.40. The smallest absolute Gasteiger partial charge is 0.157 e. The summed E-state index contributed by atoms with van der Waals surface area (Å²) in [4.78, 5) is 0. The van der Waals surface area contributed by atoms with Crippen molar-refractivity contribution in [1.29, 1.82) is 0 Å². The Kier molecular flexibility index (Phi) is 15.8. The normalized spacial score (nSPS) is 10.4. The van der Waals surface area contributed by atoms with Crippen molar-refractivity contribution >= 4 is 34.0 Å². The fourth-order valence-corrected chi connectivity index (χ4v) is 2.69. The van der Waals surface area contributed by atoms with Crippen molar-refractivity contribution in [2.24, 2.45) is 0 Å². The largest absolute Gasteiger partial charge is 0.504 e. The van der Waals surface area contributed by atoms with Crippen LogP contribution in [0.3, 0.4) is 0 Å². The van der Waals surface area contributed by atoms with Gasteiger partial charge in [-0.2, -0.15) is 0 Å². The third-order valence-electron chi connectivity index (χ3n) is 4.21. The molecule has 0 spiro atoms. The minimum atomic E-state index is -0.0681. The van der Waals surface area contributed by atoms with Crippen LogP contribution in [0.2, 0.25) is 0 Å². The topological polar surface area (TPSA) is 64.5 Å². The van der Waals surface area contributed by atoms with Crippen molar-refractivity contribution in [2.45, 2.75) is 25.7 Å². The molecule has 4 N–H and O–H groups in total. The van der Waals surface area contributed by atoms with Gasteiger partial charge >= 0.3 is 0 Å². The Morgan fingerprint density at radius 1 is 0.643 bits per heavy atom. The molecule has 0 aromatic heterocycles. The molecule has 0 aliphatic carbocycles. The highest BCUT2D eigenvalue weighted by atomic mass is 79.9. The van der Waals surface area contributed by atoms with E-state index in [1.165, 1.54) is 11.6 Å². The SMILES string of the molecule is Br.Br.Oc1ccc(CCNCCC=CCCNCCc2ccccc2)cc1O. The van der Waals surface area contributed by atoms with Gasteiger partial charge < -0.3 is 20.8 Å². The summed E-state index contributed by atoms with van der Waals surface area (Å²) in [7, 11) is 0. The summed E-state index contributed by atoms with van der Waals surface area (Å²) in [6.07, 6.45) is 8.44. The summed E-state index contributed by atoms with van der Waals surface area (Å²) in [6.45, 7) is 3.84. The monoisotopic (exact) mass is 514 g/mol. The molecule has 0 saturated heterocycles. The van der Waals surface area contributed by atoms with Crippen LogP contribution in [0.1, 0.15) is 24.0 Å². The number of hydrogen-bond acceptors (Lipinski definition) is 4. The average Bonchev–Trinajstić information content (AvgIpc) is 2.66. The fourth-order valence-electron chi connectivity index (χ4n) is 2.69. The highest BCUT2D eigenvalue weighted by Crippen LogP contribution is 2.24. The Morgan fingerprint density at radius 2 is 1.21 bits per heavy atom. The summed E-state index contributed by atoms with van der Waals surface area (Å²) in [6, 6.07) is 15.5. The maximum atomic E-state index is 9.45. The zero-order valence-electron chi connectivity index (χ0n) is 16.1. The van der Waals surface area contributed by atoms with Gasteiger partial charge in [0.15, 0.2) is 11.5 Å². The molecule has 0 fully saturated rings. The van der Waals surface area contributed by atoms with E-state index in [0.717, 1.165) is 57.4 Å². The molecule has 2 rings (SSSR count). The molecule has 4 nitrogen and oxygen atoms in total. The standard InChI is InChI=1S/C22H30N2O2.2BrH/c25-21-11-10-20(18-22(21)26)13-17-24-15-7-2-1-6-14-23-16-12-19-8-4-3-5-9-19;;/h1-5,8-11,18,23-26H,6-7,12-17H2;2*1H. The molecule has 0 aliphatic heterocycles. The summed E-state index contributed by atoms with van der Waals surface area (Å²) in [5.74, 6) is -0.121. The molecular formula is C22H32Br2N2O2. The Labute approximate surface area is 189 Å².